The van der Waals surface area contributed by atoms with E-state index in [0.29, 0.717) is 5.75 Å². The van der Waals surface area contributed by atoms with Gasteiger partial charge in [0.1, 0.15) is 11.5 Å². The number of rotatable bonds is 2. The highest BCUT2D eigenvalue weighted by Crippen LogP contribution is 2.38. The Bertz CT molecular complexity index is 547. The van der Waals surface area contributed by atoms with Crippen LogP contribution in [0.4, 0.5) is 13.2 Å². The lowest BCUT2D eigenvalue weighted by Gasteiger charge is -2.14. The molecule has 0 unspecified atom stereocenters. The average molecular weight is 251 g/mol. The highest BCUT2D eigenvalue weighted by Gasteiger charge is 2.34. The lowest BCUT2D eigenvalue weighted by Crippen LogP contribution is -2.07. The molecule has 2 rings (SSSR count). The minimum atomic E-state index is -4.45. The van der Waals surface area contributed by atoms with E-state index in [1.165, 1.54) is 12.1 Å². The van der Waals surface area contributed by atoms with Crippen molar-refractivity contribution in [2.24, 2.45) is 0 Å². The van der Waals surface area contributed by atoms with Gasteiger partial charge in [0.2, 0.25) is 0 Å². The molecule has 0 saturated heterocycles. The van der Waals surface area contributed by atoms with E-state index in [1.807, 2.05) is 0 Å². The largest absolute Gasteiger partial charge is 0.456 e. The molecule has 0 amide bonds. The Labute approximate surface area is 103 Å². The van der Waals surface area contributed by atoms with Gasteiger partial charge in [-0.3, -0.25) is 0 Å². The number of ether oxygens (including phenoxy) is 1. The van der Waals surface area contributed by atoms with E-state index in [4.69, 9.17) is 4.74 Å². The molecule has 0 N–H and O–H groups in total. The molecule has 2 aromatic rings. The molecule has 0 atom stereocenters. The van der Waals surface area contributed by atoms with Crippen molar-refractivity contribution in [2.75, 3.05) is 0 Å². The molecule has 1 nitrogen and oxygen atoms in total. The van der Waals surface area contributed by atoms with Crippen LogP contribution in [0.25, 0.3) is 0 Å². The second-order valence-corrected chi connectivity index (χ2v) is 3.78. The van der Waals surface area contributed by atoms with Gasteiger partial charge in [-0.15, -0.1) is 0 Å². The van der Waals surface area contributed by atoms with Crippen molar-refractivity contribution in [2.45, 2.75) is 13.1 Å². The SMILES string of the molecule is Cc1ccccc1Oc1[c]cccc1C(F)(F)F. The molecule has 0 saturated carbocycles. The molecule has 0 aliphatic carbocycles. The Balaban J connectivity index is 2.39. The Hall–Kier alpha value is -1.97. The van der Waals surface area contributed by atoms with E-state index in [1.54, 1.807) is 31.2 Å². The second-order valence-electron chi connectivity index (χ2n) is 3.78. The fraction of sp³-hybridized carbons (Fsp3) is 0.143. The highest BCUT2D eigenvalue weighted by molar-refractivity contribution is 5.41. The second kappa shape index (κ2) is 4.72. The Kier molecular flexibility index (Phi) is 3.28. The van der Waals surface area contributed by atoms with Gasteiger partial charge in [-0.05, 0) is 24.6 Å². The van der Waals surface area contributed by atoms with Crippen molar-refractivity contribution in [3.8, 4) is 11.5 Å². The van der Waals surface area contributed by atoms with Crippen LogP contribution in [0.3, 0.4) is 0 Å². The van der Waals surface area contributed by atoms with Crippen molar-refractivity contribution < 1.29 is 17.9 Å². The summed E-state index contributed by atoms with van der Waals surface area (Å²) in [7, 11) is 0. The van der Waals surface area contributed by atoms with E-state index in [0.717, 1.165) is 11.6 Å². The van der Waals surface area contributed by atoms with Crippen molar-refractivity contribution in [3.63, 3.8) is 0 Å². The Morgan fingerprint density at radius 2 is 1.78 bits per heavy atom. The number of halogens is 3. The zero-order valence-electron chi connectivity index (χ0n) is 9.58. The first-order valence-corrected chi connectivity index (χ1v) is 5.30. The normalized spacial score (nSPS) is 11.3. The van der Waals surface area contributed by atoms with Crippen LogP contribution in [0, 0.1) is 13.0 Å². The van der Waals surface area contributed by atoms with E-state index < -0.39 is 11.7 Å². The maximum Gasteiger partial charge on any atom is 0.420 e. The Morgan fingerprint density at radius 1 is 1.06 bits per heavy atom. The van der Waals surface area contributed by atoms with Crippen molar-refractivity contribution in [3.05, 3.63) is 59.7 Å². The molecule has 0 fully saturated rings. The molecule has 1 radical (unpaired) electrons. The Morgan fingerprint density at radius 3 is 2.44 bits per heavy atom. The molecule has 93 valence electrons. The van der Waals surface area contributed by atoms with E-state index in [2.05, 4.69) is 6.07 Å². The maximum atomic E-state index is 12.8. The van der Waals surface area contributed by atoms with Gasteiger partial charge in [-0.25, -0.2) is 0 Å². The third-order valence-electron chi connectivity index (χ3n) is 2.43. The summed E-state index contributed by atoms with van der Waals surface area (Å²) in [4.78, 5) is 0. The van der Waals surface area contributed by atoms with Crippen LogP contribution in [0.15, 0.2) is 42.5 Å². The molecular formula is C14H10F3O. The van der Waals surface area contributed by atoms with E-state index in [-0.39, 0.29) is 5.75 Å². The number of benzene rings is 2. The summed E-state index contributed by atoms with van der Waals surface area (Å²) in [5, 5.41) is 0. The zero-order chi connectivity index (χ0) is 13.2. The van der Waals surface area contributed by atoms with Crippen molar-refractivity contribution >= 4 is 0 Å². The predicted molar refractivity (Wildman–Crippen MR) is 61.5 cm³/mol. The first kappa shape index (κ1) is 12.5. The zero-order valence-corrected chi connectivity index (χ0v) is 9.58. The lowest BCUT2D eigenvalue weighted by molar-refractivity contribution is -0.138. The topological polar surface area (TPSA) is 9.23 Å². The molecule has 0 bridgehead atoms. The molecular weight excluding hydrogens is 241 g/mol. The summed E-state index contributed by atoms with van der Waals surface area (Å²) in [6.07, 6.45) is -4.45. The fourth-order valence-corrected chi connectivity index (χ4v) is 1.51. The highest BCUT2D eigenvalue weighted by atomic mass is 19.4. The summed E-state index contributed by atoms with van der Waals surface area (Å²) in [6, 6.07) is 13.0. The van der Waals surface area contributed by atoms with Crippen LogP contribution in [0.2, 0.25) is 0 Å². The van der Waals surface area contributed by atoms with E-state index in [9.17, 15) is 13.2 Å². The molecule has 0 heterocycles. The first-order chi connectivity index (χ1) is 8.48. The van der Waals surface area contributed by atoms with E-state index >= 15 is 0 Å². The van der Waals surface area contributed by atoms with Gasteiger partial charge in [-0.1, -0.05) is 30.3 Å². The van der Waals surface area contributed by atoms with Crippen LogP contribution in [0.5, 0.6) is 11.5 Å². The number of aryl methyl sites for hydroxylation is 1. The molecule has 0 aliphatic rings. The number of hydrogen-bond donors (Lipinski definition) is 0. The quantitative estimate of drug-likeness (QED) is 0.757. The van der Waals surface area contributed by atoms with Crippen molar-refractivity contribution in [1.29, 1.82) is 0 Å². The molecule has 0 aromatic heterocycles. The van der Waals surface area contributed by atoms with Crippen LogP contribution in [-0.2, 0) is 6.18 Å². The third-order valence-corrected chi connectivity index (χ3v) is 2.43. The maximum absolute atomic E-state index is 12.8. The van der Waals surface area contributed by atoms with Gasteiger partial charge in [0.05, 0.1) is 5.56 Å². The predicted octanol–water partition coefficient (Wildman–Crippen LogP) is 4.61. The first-order valence-electron chi connectivity index (χ1n) is 5.30. The summed E-state index contributed by atoms with van der Waals surface area (Å²) >= 11 is 0. The number of hydrogen-bond acceptors (Lipinski definition) is 1. The molecule has 4 heteroatoms. The lowest BCUT2D eigenvalue weighted by atomic mass is 10.2. The molecule has 0 aliphatic heterocycles. The summed E-state index contributed by atoms with van der Waals surface area (Å²) < 4.78 is 43.5. The van der Waals surface area contributed by atoms with Gasteiger partial charge < -0.3 is 4.74 Å². The number of alkyl halides is 3. The van der Waals surface area contributed by atoms with Crippen LogP contribution < -0.4 is 4.74 Å². The fourth-order valence-electron chi connectivity index (χ4n) is 1.51. The molecule has 2 aromatic carbocycles. The smallest absolute Gasteiger partial charge is 0.420 e. The van der Waals surface area contributed by atoms with Gasteiger partial charge in [0.25, 0.3) is 0 Å². The number of para-hydroxylation sites is 2. The van der Waals surface area contributed by atoms with Crippen LogP contribution in [0.1, 0.15) is 11.1 Å². The standard InChI is InChI=1S/C14H10F3O/c1-10-6-2-4-8-12(10)18-13-9-5-3-7-11(13)14(15,16)17/h2-8H,1H3. The summed E-state index contributed by atoms with van der Waals surface area (Å²) in [6.45, 7) is 1.77. The van der Waals surface area contributed by atoms with Crippen LogP contribution in [-0.4, -0.2) is 0 Å². The van der Waals surface area contributed by atoms with Crippen molar-refractivity contribution in [1.82, 2.24) is 0 Å². The molecule has 18 heavy (non-hydrogen) atoms. The minimum absolute atomic E-state index is 0.306. The summed E-state index contributed by atoms with van der Waals surface area (Å²) in [5.74, 6) is 0.0877. The average Bonchev–Trinajstić information content (AvgIpc) is 2.31. The van der Waals surface area contributed by atoms with Crippen LogP contribution >= 0.6 is 0 Å². The van der Waals surface area contributed by atoms with Gasteiger partial charge >= 0.3 is 6.18 Å². The summed E-state index contributed by atoms with van der Waals surface area (Å²) in [5.41, 5.74) is -0.0591. The minimum Gasteiger partial charge on any atom is -0.456 e. The van der Waals surface area contributed by atoms with Gasteiger partial charge in [0, 0.05) is 6.07 Å². The third kappa shape index (κ3) is 2.64. The molecule has 0 spiro atoms. The van der Waals surface area contributed by atoms with Gasteiger partial charge in [-0.2, -0.15) is 13.2 Å². The van der Waals surface area contributed by atoms with Gasteiger partial charge in [0.15, 0.2) is 0 Å². The monoisotopic (exact) mass is 251 g/mol.